The Morgan fingerprint density at radius 1 is 1.11 bits per heavy atom. The van der Waals surface area contributed by atoms with Crippen LogP contribution >= 0.6 is 11.6 Å². The van der Waals surface area contributed by atoms with Crippen LogP contribution in [0.5, 0.6) is 0 Å². The van der Waals surface area contributed by atoms with Crippen LogP contribution in [0.3, 0.4) is 0 Å². The predicted octanol–water partition coefficient (Wildman–Crippen LogP) is 2.32. The minimum absolute atomic E-state index is 0.0271. The van der Waals surface area contributed by atoms with Crippen molar-refractivity contribution in [3.8, 4) is 0 Å². The van der Waals surface area contributed by atoms with Gasteiger partial charge in [-0.2, -0.15) is 4.31 Å². The summed E-state index contributed by atoms with van der Waals surface area (Å²) >= 11 is 6.12. The van der Waals surface area contributed by atoms with Gasteiger partial charge in [0.2, 0.25) is 15.9 Å². The maximum Gasteiger partial charge on any atom is 0.250 e. The van der Waals surface area contributed by atoms with Crippen molar-refractivity contribution in [2.24, 2.45) is 0 Å². The van der Waals surface area contributed by atoms with Gasteiger partial charge in [-0.15, -0.1) is 0 Å². The van der Waals surface area contributed by atoms with Crippen LogP contribution in [0.1, 0.15) is 19.3 Å². The van der Waals surface area contributed by atoms with Gasteiger partial charge in [-0.3, -0.25) is 9.59 Å². The van der Waals surface area contributed by atoms with Crippen LogP contribution in [0, 0.1) is 0 Å². The molecule has 1 aliphatic heterocycles. The van der Waals surface area contributed by atoms with E-state index in [9.17, 15) is 18.0 Å². The van der Waals surface area contributed by atoms with Crippen molar-refractivity contribution >= 4 is 33.2 Å². The summed E-state index contributed by atoms with van der Waals surface area (Å²) in [5.74, 6) is -0.438. The first-order valence-electron chi connectivity index (χ1n) is 8.63. The van der Waals surface area contributed by atoms with Crippen molar-refractivity contribution in [1.82, 2.24) is 8.87 Å². The third-order valence-corrected chi connectivity index (χ3v) is 6.74. The molecule has 2 heterocycles. The third-order valence-electron chi connectivity index (χ3n) is 4.36. The Morgan fingerprint density at radius 2 is 1.85 bits per heavy atom. The number of pyridine rings is 1. The Balaban J connectivity index is 1.80. The second-order valence-corrected chi connectivity index (χ2v) is 8.64. The molecular formula is C18H20ClN3O4S. The van der Waals surface area contributed by atoms with E-state index < -0.39 is 15.9 Å². The lowest BCUT2D eigenvalue weighted by Gasteiger charge is -2.26. The molecule has 0 atom stereocenters. The number of benzene rings is 1. The highest BCUT2D eigenvalue weighted by molar-refractivity contribution is 7.89. The Bertz CT molecular complexity index is 998. The number of piperidine rings is 1. The van der Waals surface area contributed by atoms with E-state index in [0.717, 1.165) is 19.3 Å². The molecule has 9 heteroatoms. The van der Waals surface area contributed by atoms with E-state index in [4.69, 9.17) is 11.6 Å². The zero-order chi connectivity index (χ0) is 19.4. The van der Waals surface area contributed by atoms with Gasteiger partial charge in [0.15, 0.2) is 0 Å². The fraction of sp³-hybridized carbons (Fsp3) is 0.333. The summed E-state index contributed by atoms with van der Waals surface area (Å²) in [6, 6.07) is 8.94. The minimum Gasteiger partial charge on any atom is -0.324 e. The van der Waals surface area contributed by atoms with Gasteiger partial charge in [-0.1, -0.05) is 24.1 Å². The summed E-state index contributed by atoms with van der Waals surface area (Å²) < 4.78 is 28.4. The van der Waals surface area contributed by atoms with Crippen molar-refractivity contribution in [3.63, 3.8) is 0 Å². The van der Waals surface area contributed by atoms with Gasteiger partial charge in [-0.05, 0) is 37.1 Å². The number of sulfonamides is 1. The number of nitrogens with zero attached hydrogens (tertiary/aromatic N) is 2. The zero-order valence-electron chi connectivity index (χ0n) is 14.6. The molecule has 0 bridgehead atoms. The van der Waals surface area contributed by atoms with Gasteiger partial charge < -0.3 is 9.88 Å². The molecule has 0 radical (unpaired) electrons. The molecule has 144 valence electrons. The standard InChI is InChI=1S/C18H20ClN3O4S/c19-15-8-7-14(20-17(23)13-21-9-5-2-6-18(21)24)12-16(15)27(25,26)22-10-3-1-4-11-22/h2,5-9,12H,1,3-4,10-11,13H2,(H,20,23). The summed E-state index contributed by atoms with van der Waals surface area (Å²) in [5.41, 5.74) is 0.0149. The van der Waals surface area contributed by atoms with Crippen molar-refractivity contribution in [2.75, 3.05) is 18.4 Å². The summed E-state index contributed by atoms with van der Waals surface area (Å²) in [6.07, 6.45) is 4.16. The maximum atomic E-state index is 12.9. The number of hydrogen-bond acceptors (Lipinski definition) is 4. The van der Waals surface area contributed by atoms with Crippen molar-refractivity contribution < 1.29 is 13.2 Å². The minimum atomic E-state index is -3.72. The molecule has 1 aromatic heterocycles. The molecule has 1 aliphatic rings. The molecular weight excluding hydrogens is 390 g/mol. The van der Waals surface area contributed by atoms with Crippen LogP contribution in [0.25, 0.3) is 0 Å². The number of carbonyl (C=O) groups is 1. The molecule has 1 fully saturated rings. The van der Waals surface area contributed by atoms with Gasteiger partial charge in [-0.25, -0.2) is 8.42 Å². The fourth-order valence-electron chi connectivity index (χ4n) is 2.97. The average molecular weight is 410 g/mol. The number of anilines is 1. The maximum absolute atomic E-state index is 12.9. The van der Waals surface area contributed by atoms with E-state index in [1.165, 1.54) is 39.3 Å². The molecule has 1 amide bonds. The first-order valence-corrected chi connectivity index (χ1v) is 10.4. The van der Waals surface area contributed by atoms with E-state index in [-0.39, 0.29) is 22.0 Å². The van der Waals surface area contributed by atoms with E-state index in [1.54, 1.807) is 12.1 Å². The summed E-state index contributed by atoms with van der Waals surface area (Å²) in [4.78, 5) is 23.9. The smallest absolute Gasteiger partial charge is 0.250 e. The largest absolute Gasteiger partial charge is 0.324 e. The molecule has 1 aromatic carbocycles. The molecule has 3 rings (SSSR count). The van der Waals surface area contributed by atoms with Crippen LogP contribution in [0.2, 0.25) is 5.02 Å². The molecule has 27 heavy (non-hydrogen) atoms. The van der Waals surface area contributed by atoms with Crippen LogP contribution in [-0.2, 0) is 21.4 Å². The zero-order valence-corrected chi connectivity index (χ0v) is 16.2. The predicted molar refractivity (Wildman–Crippen MR) is 103 cm³/mol. The third kappa shape index (κ3) is 4.58. The summed E-state index contributed by atoms with van der Waals surface area (Å²) in [6.45, 7) is 0.759. The second kappa shape index (κ2) is 8.24. The molecule has 0 saturated carbocycles. The lowest BCUT2D eigenvalue weighted by molar-refractivity contribution is -0.116. The number of halogens is 1. The molecule has 0 spiro atoms. The van der Waals surface area contributed by atoms with Crippen LogP contribution in [0.4, 0.5) is 5.69 Å². The lowest BCUT2D eigenvalue weighted by atomic mass is 10.2. The first-order chi connectivity index (χ1) is 12.9. The molecule has 2 aromatic rings. The lowest BCUT2D eigenvalue weighted by Crippen LogP contribution is -2.35. The number of amides is 1. The van der Waals surface area contributed by atoms with Crippen LogP contribution < -0.4 is 10.9 Å². The molecule has 0 aliphatic carbocycles. The van der Waals surface area contributed by atoms with E-state index in [1.807, 2.05) is 0 Å². The second-order valence-electron chi connectivity index (χ2n) is 6.32. The van der Waals surface area contributed by atoms with Gasteiger partial charge in [0, 0.05) is 31.0 Å². The monoisotopic (exact) mass is 409 g/mol. The van der Waals surface area contributed by atoms with E-state index in [2.05, 4.69) is 5.32 Å². The number of hydrogen-bond donors (Lipinski definition) is 1. The van der Waals surface area contributed by atoms with Crippen LogP contribution in [0.15, 0.2) is 52.3 Å². The highest BCUT2D eigenvalue weighted by Gasteiger charge is 2.28. The van der Waals surface area contributed by atoms with Crippen molar-refractivity contribution in [2.45, 2.75) is 30.7 Å². The summed E-state index contributed by atoms with van der Waals surface area (Å²) in [7, 11) is -3.72. The molecule has 7 nitrogen and oxygen atoms in total. The molecule has 1 saturated heterocycles. The normalized spacial score (nSPS) is 15.4. The van der Waals surface area contributed by atoms with E-state index >= 15 is 0 Å². The highest BCUT2D eigenvalue weighted by Crippen LogP contribution is 2.29. The fourth-order valence-corrected chi connectivity index (χ4v) is 4.99. The number of aromatic nitrogens is 1. The van der Waals surface area contributed by atoms with Gasteiger partial charge in [0.25, 0.3) is 5.56 Å². The number of rotatable bonds is 5. The van der Waals surface area contributed by atoms with Crippen molar-refractivity contribution in [1.29, 1.82) is 0 Å². The Morgan fingerprint density at radius 3 is 2.56 bits per heavy atom. The van der Waals surface area contributed by atoms with E-state index in [0.29, 0.717) is 18.8 Å². The number of nitrogens with one attached hydrogen (secondary N) is 1. The van der Waals surface area contributed by atoms with Gasteiger partial charge >= 0.3 is 0 Å². The quantitative estimate of drug-likeness (QED) is 0.820. The molecule has 1 N–H and O–H groups in total. The Labute approximate surface area is 162 Å². The SMILES string of the molecule is O=C(Cn1ccccc1=O)Nc1ccc(Cl)c(S(=O)(=O)N2CCCCC2)c1. The summed E-state index contributed by atoms with van der Waals surface area (Å²) in [5, 5.41) is 2.73. The highest BCUT2D eigenvalue weighted by atomic mass is 35.5. The van der Waals surface area contributed by atoms with Crippen LogP contribution in [-0.4, -0.2) is 36.3 Å². The Hall–Kier alpha value is -2.16. The number of carbonyl (C=O) groups excluding carboxylic acids is 1. The van der Waals surface area contributed by atoms with Crippen molar-refractivity contribution in [3.05, 3.63) is 58.0 Å². The first kappa shape index (κ1) is 19.6. The Kier molecular flexibility index (Phi) is 5.98. The van der Waals surface area contributed by atoms with Gasteiger partial charge in [0.1, 0.15) is 11.4 Å². The molecule has 0 unspecified atom stereocenters. The average Bonchev–Trinajstić information content (AvgIpc) is 2.66. The van der Waals surface area contributed by atoms with Gasteiger partial charge in [0.05, 0.1) is 5.02 Å². The topological polar surface area (TPSA) is 88.5 Å².